The zero-order valence-corrected chi connectivity index (χ0v) is 34.0. The predicted molar refractivity (Wildman–Crippen MR) is 217 cm³/mol. The SMILES string of the molecule is Cc1cc(O[C@H]2C(C)(C)[C@H](NC(=O)c3ccc(N4CCC(CCCN5Cc6cc7c(cc6C5)C(=O)N(C5CCC(=O)NC5=O)C7=O)CC4)cc3)C2(C)C)ccc1C#N. The molecule has 5 aliphatic rings. The molecule has 4 aliphatic heterocycles. The lowest BCUT2D eigenvalue weighted by Gasteiger charge is -2.63. The van der Waals surface area contributed by atoms with E-state index < -0.39 is 23.8 Å². The Morgan fingerprint density at radius 2 is 1.53 bits per heavy atom. The van der Waals surface area contributed by atoms with Gasteiger partial charge in [0.05, 0.1) is 22.8 Å². The van der Waals surface area contributed by atoms with E-state index in [4.69, 9.17) is 4.74 Å². The van der Waals surface area contributed by atoms with E-state index in [1.807, 2.05) is 43.3 Å². The van der Waals surface area contributed by atoms with Crippen molar-refractivity contribution in [1.82, 2.24) is 20.4 Å². The Kier molecular flexibility index (Phi) is 10.2. The van der Waals surface area contributed by atoms with Crippen molar-refractivity contribution in [3.05, 3.63) is 93.5 Å². The molecule has 8 rings (SSSR count). The van der Waals surface area contributed by atoms with Gasteiger partial charge in [-0.15, -0.1) is 0 Å². The average Bonchev–Trinajstić information content (AvgIpc) is 3.71. The fraction of sp³-hybridized carbons (Fsp3) is 0.478. The van der Waals surface area contributed by atoms with Crippen molar-refractivity contribution in [2.75, 3.05) is 24.5 Å². The van der Waals surface area contributed by atoms with Gasteiger partial charge in [0.15, 0.2) is 0 Å². The van der Waals surface area contributed by atoms with E-state index in [0.29, 0.717) is 28.2 Å². The van der Waals surface area contributed by atoms with Crippen LogP contribution >= 0.6 is 0 Å². The molecule has 12 nitrogen and oxygen atoms in total. The van der Waals surface area contributed by atoms with Crippen molar-refractivity contribution < 1.29 is 28.7 Å². The molecule has 0 radical (unpaired) electrons. The minimum atomic E-state index is -0.954. The van der Waals surface area contributed by atoms with E-state index in [0.717, 1.165) is 91.4 Å². The summed E-state index contributed by atoms with van der Waals surface area (Å²) in [6.45, 7) is 14.7. The Hall–Kier alpha value is -5.54. The maximum absolute atomic E-state index is 13.5. The quantitative estimate of drug-likeness (QED) is 0.240. The Morgan fingerprint density at radius 3 is 2.12 bits per heavy atom. The summed E-state index contributed by atoms with van der Waals surface area (Å²) in [5, 5.41) is 14.9. The number of hydrogen-bond acceptors (Lipinski definition) is 9. The van der Waals surface area contributed by atoms with Crippen LogP contribution in [0.25, 0.3) is 0 Å². The van der Waals surface area contributed by atoms with Gasteiger partial charge in [-0.25, -0.2) is 0 Å². The number of carbonyl (C=O) groups excluding carboxylic acids is 5. The summed E-state index contributed by atoms with van der Waals surface area (Å²) in [4.78, 5) is 69.9. The van der Waals surface area contributed by atoms with Gasteiger partial charge in [0, 0.05) is 60.7 Å². The number of fused-ring (bicyclic) bond motifs is 2. The van der Waals surface area contributed by atoms with E-state index in [2.05, 4.69) is 66.3 Å². The lowest BCUT2D eigenvalue weighted by atomic mass is 9.49. The molecule has 5 amide bonds. The topological polar surface area (TPSA) is 152 Å². The number of piperidine rings is 2. The Balaban J connectivity index is 0.778. The number of ether oxygens (including phenoxy) is 1. The molecule has 58 heavy (non-hydrogen) atoms. The Morgan fingerprint density at radius 1 is 0.897 bits per heavy atom. The summed E-state index contributed by atoms with van der Waals surface area (Å²) in [6.07, 6.45) is 4.56. The first-order chi connectivity index (χ1) is 27.6. The van der Waals surface area contributed by atoms with Gasteiger partial charge in [0.25, 0.3) is 17.7 Å². The predicted octanol–water partition coefficient (Wildman–Crippen LogP) is 5.89. The number of nitriles is 1. The Labute approximate surface area is 339 Å². The molecule has 1 saturated carbocycles. The summed E-state index contributed by atoms with van der Waals surface area (Å²) in [7, 11) is 0. The highest BCUT2D eigenvalue weighted by molar-refractivity contribution is 6.23. The molecule has 2 N–H and O–H groups in total. The number of nitrogens with zero attached hydrogens (tertiary/aromatic N) is 4. The second-order valence-electron chi connectivity index (χ2n) is 18.1. The summed E-state index contributed by atoms with van der Waals surface area (Å²) in [5.74, 6) is -0.613. The molecule has 302 valence electrons. The molecule has 12 heteroatoms. The van der Waals surface area contributed by atoms with Crippen molar-refractivity contribution >= 4 is 35.2 Å². The first-order valence-corrected chi connectivity index (χ1v) is 20.6. The van der Waals surface area contributed by atoms with Gasteiger partial charge in [0.1, 0.15) is 17.9 Å². The fourth-order valence-corrected chi connectivity index (χ4v) is 10.5. The summed E-state index contributed by atoms with van der Waals surface area (Å²) in [6, 6.07) is 18.3. The molecular weight excluding hydrogens is 733 g/mol. The number of amides is 5. The number of rotatable bonds is 10. The van der Waals surface area contributed by atoms with E-state index in [1.165, 1.54) is 0 Å². The third-order valence-corrected chi connectivity index (χ3v) is 13.4. The Bertz CT molecular complexity index is 2170. The molecule has 3 aromatic rings. The largest absolute Gasteiger partial charge is 0.489 e. The smallest absolute Gasteiger partial charge is 0.262 e. The van der Waals surface area contributed by atoms with Crippen molar-refractivity contribution in [1.29, 1.82) is 5.26 Å². The maximum Gasteiger partial charge on any atom is 0.262 e. The molecule has 1 unspecified atom stereocenters. The zero-order valence-electron chi connectivity index (χ0n) is 34.0. The number of carbonyl (C=O) groups is 5. The maximum atomic E-state index is 13.5. The summed E-state index contributed by atoms with van der Waals surface area (Å²) in [5.41, 5.74) is 5.46. The van der Waals surface area contributed by atoms with Crippen LogP contribution in [-0.2, 0) is 22.7 Å². The zero-order chi connectivity index (χ0) is 41.1. The van der Waals surface area contributed by atoms with Gasteiger partial charge in [0.2, 0.25) is 11.8 Å². The third kappa shape index (κ3) is 7.04. The van der Waals surface area contributed by atoms with Crippen LogP contribution in [0.2, 0.25) is 0 Å². The van der Waals surface area contributed by atoms with Gasteiger partial charge in [-0.05, 0) is 123 Å². The molecule has 1 aliphatic carbocycles. The van der Waals surface area contributed by atoms with Crippen LogP contribution in [0, 0.1) is 35.0 Å². The van der Waals surface area contributed by atoms with Crippen LogP contribution in [0.1, 0.15) is 120 Å². The number of hydrogen-bond donors (Lipinski definition) is 2. The van der Waals surface area contributed by atoms with Crippen LogP contribution < -0.4 is 20.3 Å². The van der Waals surface area contributed by atoms with Crippen LogP contribution in [0.3, 0.4) is 0 Å². The monoisotopic (exact) mass is 784 g/mol. The first kappa shape index (κ1) is 39.3. The number of anilines is 1. The van der Waals surface area contributed by atoms with Crippen molar-refractivity contribution in [3.63, 3.8) is 0 Å². The number of imide groups is 2. The van der Waals surface area contributed by atoms with Crippen LogP contribution in [0.15, 0.2) is 54.6 Å². The fourth-order valence-electron chi connectivity index (χ4n) is 10.5. The van der Waals surface area contributed by atoms with Crippen LogP contribution in [0.5, 0.6) is 5.75 Å². The van der Waals surface area contributed by atoms with Crippen LogP contribution in [-0.4, -0.2) is 77.2 Å². The van der Waals surface area contributed by atoms with Gasteiger partial charge in [-0.3, -0.25) is 39.1 Å². The van der Waals surface area contributed by atoms with E-state index in [-0.39, 0.29) is 47.6 Å². The first-order valence-electron chi connectivity index (χ1n) is 20.6. The van der Waals surface area contributed by atoms with Crippen molar-refractivity contribution in [3.8, 4) is 11.8 Å². The highest BCUT2D eigenvalue weighted by atomic mass is 16.5. The second kappa shape index (κ2) is 15.0. The van der Waals surface area contributed by atoms with E-state index >= 15 is 0 Å². The van der Waals surface area contributed by atoms with Crippen molar-refractivity contribution in [2.45, 2.75) is 104 Å². The van der Waals surface area contributed by atoms with Gasteiger partial charge in [-0.1, -0.05) is 27.7 Å². The molecule has 0 bridgehead atoms. The summed E-state index contributed by atoms with van der Waals surface area (Å²) < 4.78 is 6.46. The number of nitrogens with one attached hydrogen (secondary N) is 2. The van der Waals surface area contributed by atoms with Gasteiger partial charge in [-0.2, -0.15) is 5.26 Å². The normalized spacial score (nSPS) is 23.8. The number of aryl methyl sites for hydroxylation is 1. The minimum Gasteiger partial charge on any atom is -0.489 e. The molecule has 0 spiro atoms. The van der Waals surface area contributed by atoms with Gasteiger partial charge >= 0.3 is 0 Å². The molecule has 2 saturated heterocycles. The van der Waals surface area contributed by atoms with Crippen LogP contribution in [0.4, 0.5) is 5.69 Å². The third-order valence-electron chi connectivity index (χ3n) is 13.4. The van der Waals surface area contributed by atoms with Gasteiger partial charge < -0.3 is 15.0 Å². The highest BCUT2D eigenvalue weighted by Gasteiger charge is 2.64. The van der Waals surface area contributed by atoms with E-state index in [1.54, 1.807) is 6.07 Å². The molecule has 3 aromatic carbocycles. The van der Waals surface area contributed by atoms with Crippen molar-refractivity contribution in [2.24, 2.45) is 16.7 Å². The molecule has 0 aromatic heterocycles. The molecule has 1 atom stereocenters. The lowest BCUT2D eigenvalue weighted by molar-refractivity contribution is -0.164. The van der Waals surface area contributed by atoms with E-state index in [9.17, 15) is 29.2 Å². The molecular formula is C46H52N6O6. The summed E-state index contributed by atoms with van der Waals surface area (Å²) >= 11 is 0. The number of benzene rings is 3. The minimum absolute atomic E-state index is 0.0893. The molecule has 3 fully saturated rings. The second-order valence-corrected chi connectivity index (χ2v) is 18.1. The average molecular weight is 785 g/mol. The molecule has 4 heterocycles. The standard InChI is InChI=1S/C46H52N6O6/c1-27-21-34(13-10-30(27)24-47)58-44-45(2,3)43(46(44,4)5)49-39(54)29-8-11-33(12-9-29)51-19-16-28(17-20-51)7-6-18-50-25-31-22-35-36(23-32(31)26-50)42(57)52(41(35)56)37-14-15-38(53)48-40(37)55/h8-13,21-23,28,37,43-44H,6-7,14-20,25-26H2,1-5H3,(H,49,54)(H,48,53,55)/t37?,43-,44-. The highest BCUT2D eigenvalue weighted by Crippen LogP contribution is 2.55. The lowest BCUT2D eigenvalue weighted by Crippen LogP contribution is -2.74.